The molecule has 5 nitrogen and oxygen atoms in total. The Morgan fingerprint density at radius 1 is 1.35 bits per heavy atom. The van der Waals surface area contributed by atoms with Gasteiger partial charge in [-0.05, 0) is 30.7 Å². The predicted molar refractivity (Wildman–Crippen MR) is 76.0 cm³/mol. The summed E-state index contributed by atoms with van der Waals surface area (Å²) in [6.07, 6.45) is 0.165. The van der Waals surface area contributed by atoms with Crippen LogP contribution in [0.15, 0.2) is 18.2 Å². The van der Waals surface area contributed by atoms with Crippen LogP contribution in [0.25, 0.3) is 0 Å². The fourth-order valence-electron chi connectivity index (χ4n) is 1.45. The van der Waals surface area contributed by atoms with Crippen molar-refractivity contribution in [2.45, 2.75) is 13.3 Å². The van der Waals surface area contributed by atoms with Crippen LogP contribution in [0, 0.1) is 6.92 Å². The highest BCUT2D eigenvalue weighted by Crippen LogP contribution is 2.20. The Morgan fingerprint density at radius 3 is 2.65 bits per heavy atom. The first-order valence-corrected chi connectivity index (χ1v) is 6.51. The third kappa shape index (κ3) is 5.09. The Bertz CT molecular complexity index is 490. The van der Waals surface area contributed by atoms with E-state index in [0.29, 0.717) is 17.3 Å². The summed E-state index contributed by atoms with van der Waals surface area (Å²) in [5, 5.41) is 0.652. The molecule has 1 amide bonds. The maximum Gasteiger partial charge on any atom is 0.307 e. The van der Waals surface area contributed by atoms with Crippen molar-refractivity contribution >= 4 is 23.5 Å². The van der Waals surface area contributed by atoms with Crippen LogP contribution in [-0.2, 0) is 14.3 Å². The lowest BCUT2D eigenvalue weighted by molar-refractivity contribution is -0.141. The van der Waals surface area contributed by atoms with E-state index in [0.717, 1.165) is 5.56 Å². The Morgan fingerprint density at radius 2 is 2.05 bits per heavy atom. The van der Waals surface area contributed by atoms with Crippen molar-refractivity contribution in [2.75, 3.05) is 27.3 Å². The molecule has 0 saturated carbocycles. The first-order chi connectivity index (χ1) is 9.43. The van der Waals surface area contributed by atoms with E-state index >= 15 is 0 Å². The molecule has 0 aliphatic heterocycles. The number of esters is 1. The molecule has 0 aliphatic carbocycles. The number of halogens is 1. The Balaban J connectivity index is 2.42. The lowest BCUT2D eigenvalue weighted by atomic mass is 10.2. The number of likely N-dealkylation sites (N-methyl/N-ethyl adjacent to an activating group) is 1. The fourth-order valence-corrected chi connectivity index (χ4v) is 1.57. The number of hydrogen-bond donors (Lipinski definition) is 0. The van der Waals surface area contributed by atoms with Gasteiger partial charge in [0.15, 0.2) is 6.61 Å². The highest BCUT2D eigenvalue weighted by Gasteiger charge is 2.11. The second-order valence-corrected chi connectivity index (χ2v) is 4.75. The zero-order valence-corrected chi connectivity index (χ0v) is 12.6. The zero-order chi connectivity index (χ0) is 15.1. The van der Waals surface area contributed by atoms with Gasteiger partial charge in [0.2, 0.25) is 0 Å². The topological polar surface area (TPSA) is 55.8 Å². The van der Waals surface area contributed by atoms with Gasteiger partial charge in [-0.1, -0.05) is 11.6 Å². The minimum atomic E-state index is -0.348. The van der Waals surface area contributed by atoms with Gasteiger partial charge in [0.1, 0.15) is 5.75 Å². The summed E-state index contributed by atoms with van der Waals surface area (Å²) in [6.45, 7) is 2.08. The number of carbonyl (C=O) groups excluding carboxylic acids is 2. The van der Waals surface area contributed by atoms with E-state index < -0.39 is 0 Å². The molecule has 0 bridgehead atoms. The van der Waals surface area contributed by atoms with E-state index in [1.54, 1.807) is 25.2 Å². The molecule has 0 N–H and O–H groups in total. The number of methoxy groups -OCH3 is 1. The van der Waals surface area contributed by atoms with Gasteiger partial charge in [0, 0.05) is 18.6 Å². The number of hydrogen-bond acceptors (Lipinski definition) is 4. The van der Waals surface area contributed by atoms with Gasteiger partial charge in [-0.3, -0.25) is 9.59 Å². The molecular weight excluding hydrogens is 282 g/mol. The van der Waals surface area contributed by atoms with Gasteiger partial charge >= 0.3 is 5.97 Å². The highest BCUT2D eigenvalue weighted by atomic mass is 35.5. The van der Waals surface area contributed by atoms with Crippen molar-refractivity contribution in [1.82, 2.24) is 4.90 Å². The molecule has 0 aromatic heterocycles. The van der Waals surface area contributed by atoms with Crippen molar-refractivity contribution in [3.63, 3.8) is 0 Å². The minimum absolute atomic E-state index is 0.0846. The smallest absolute Gasteiger partial charge is 0.307 e. The first-order valence-electron chi connectivity index (χ1n) is 6.13. The molecule has 0 radical (unpaired) electrons. The van der Waals surface area contributed by atoms with Gasteiger partial charge in [-0.2, -0.15) is 0 Å². The summed E-state index contributed by atoms with van der Waals surface area (Å²) in [6, 6.07) is 5.19. The standard InChI is InChI=1S/C14H18ClNO4/c1-10-8-11(4-5-12(10)15)20-9-13(17)16(2)7-6-14(18)19-3/h4-5,8H,6-7,9H2,1-3H3. The first kappa shape index (κ1) is 16.3. The second-order valence-electron chi connectivity index (χ2n) is 4.34. The summed E-state index contributed by atoms with van der Waals surface area (Å²) >= 11 is 5.90. The van der Waals surface area contributed by atoms with Gasteiger partial charge in [0.05, 0.1) is 13.5 Å². The van der Waals surface area contributed by atoms with E-state index in [4.69, 9.17) is 16.3 Å². The quantitative estimate of drug-likeness (QED) is 0.754. The van der Waals surface area contributed by atoms with Gasteiger partial charge in [-0.15, -0.1) is 0 Å². The zero-order valence-electron chi connectivity index (χ0n) is 11.8. The van der Waals surface area contributed by atoms with E-state index in [1.165, 1.54) is 12.0 Å². The molecule has 0 heterocycles. The van der Waals surface area contributed by atoms with Crippen molar-refractivity contribution in [1.29, 1.82) is 0 Å². The van der Waals surface area contributed by atoms with Crippen LogP contribution in [-0.4, -0.2) is 44.1 Å². The summed E-state index contributed by atoms with van der Waals surface area (Å²) in [4.78, 5) is 24.2. The van der Waals surface area contributed by atoms with Crippen LogP contribution < -0.4 is 4.74 Å². The molecule has 6 heteroatoms. The number of nitrogens with zero attached hydrogens (tertiary/aromatic N) is 1. The number of aryl methyl sites for hydroxylation is 1. The molecule has 0 fully saturated rings. The SMILES string of the molecule is COC(=O)CCN(C)C(=O)COc1ccc(Cl)c(C)c1. The van der Waals surface area contributed by atoms with Crippen molar-refractivity contribution in [3.8, 4) is 5.75 Å². The molecule has 0 aliphatic rings. The van der Waals surface area contributed by atoms with Crippen LogP contribution >= 0.6 is 11.6 Å². The summed E-state index contributed by atoms with van der Waals surface area (Å²) in [5.41, 5.74) is 0.885. The molecule has 1 rings (SSSR count). The van der Waals surface area contributed by atoms with Crippen LogP contribution in [0.4, 0.5) is 0 Å². The minimum Gasteiger partial charge on any atom is -0.484 e. The molecule has 1 aromatic rings. The molecule has 0 atom stereocenters. The highest BCUT2D eigenvalue weighted by molar-refractivity contribution is 6.31. The van der Waals surface area contributed by atoms with Crippen molar-refractivity contribution in [2.24, 2.45) is 0 Å². The van der Waals surface area contributed by atoms with Gasteiger partial charge in [-0.25, -0.2) is 0 Å². The Hall–Kier alpha value is -1.75. The fraction of sp³-hybridized carbons (Fsp3) is 0.429. The van der Waals surface area contributed by atoms with Crippen LogP contribution in [0.2, 0.25) is 5.02 Å². The normalized spacial score (nSPS) is 10.0. The van der Waals surface area contributed by atoms with E-state index in [1.807, 2.05) is 6.92 Å². The summed E-state index contributed by atoms with van der Waals surface area (Å²) in [7, 11) is 2.93. The average Bonchev–Trinajstić information content (AvgIpc) is 2.45. The lowest BCUT2D eigenvalue weighted by Crippen LogP contribution is -2.33. The van der Waals surface area contributed by atoms with Crippen LogP contribution in [0.3, 0.4) is 0 Å². The number of carbonyl (C=O) groups is 2. The van der Waals surface area contributed by atoms with E-state index in [-0.39, 0.29) is 24.9 Å². The third-order valence-electron chi connectivity index (χ3n) is 2.80. The lowest BCUT2D eigenvalue weighted by Gasteiger charge is -2.17. The van der Waals surface area contributed by atoms with Crippen molar-refractivity contribution < 1.29 is 19.1 Å². The maximum absolute atomic E-state index is 11.8. The average molecular weight is 300 g/mol. The van der Waals surface area contributed by atoms with E-state index in [2.05, 4.69) is 4.74 Å². The third-order valence-corrected chi connectivity index (χ3v) is 3.22. The van der Waals surface area contributed by atoms with Crippen molar-refractivity contribution in [3.05, 3.63) is 28.8 Å². The second kappa shape index (κ2) is 7.75. The Kier molecular flexibility index (Phi) is 6.31. The van der Waals surface area contributed by atoms with E-state index in [9.17, 15) is 9.59 Å². The number of rotatable bonds is 6. The monoisotopic (exact) mass is 299 g/mol. The Labute approximate surface area is 123 Å². The van der Waals surface area contributed by atoms with Gasteiger partial charge in [0.25, 0.3) is 5.91 Å². The largest absolute Gasteiger partial charge is 0.484 e. The van der Waals surface area contributed by atoms with Crippen LogP contribution in [0.5, 0.6) is 5.75 Å². The molecule has 0 spiro atoms. The number of benzene rings is 1. The molecule has 110 valence electrons. The predicted octanol–water partition coefficient (Wildman–Crippen LogP) is 2.05. The summed E-state index contributed by atoms with van der Waals surface area (Å²) < 4.78 is 9.91. The molecule has 1 aromatic carbocycles. The molecule has 0 saturated heterocycles. The van der Waals surface area contributed by atoms with Crippen LogP contribution in [0.1, 0.15) is 12.0 Å². The molecule has 0 unspecified atom stereocenters. The number of amides is 1. The molecule has 20 heavy (non-hydrogen) atoms. The number of ether oxygens (including phenoxy) is 2. The summed E-state index contributed by atoms with van der Waals surface area (Å²) in [5.74, 6) is 0.0296. The van der Waals surface area contributed by atoms with Gasteiger partial charge < -0.3 is 14.4 Å². The maximum atomic E-state index is 11.8. The molecular formula is C14H18ClNO4.